The van der Waals surface area contributed by atoms with Gasteiger partial charge in [0.2, 0.25) is 0 Å². The first-order valence-electron chi connectivity index (χ1n) is 1.54. The molecule has 0 aromatic rings. The van der Waals surface area contributed by atoms with E-state index in [1.54, 1.807) is 0 Å². The molecule has 0 unspecified atom stereocenters. The lowest BCUT2D eigenvalue weighted by Crippen LogP contribution is -1.74. The number of hydrogen-bond acceptors (Lipinski definition) is 2. The maximum Gasteiger partial charge on any atom is 0.615 e. The molecule has 0 amide bonds. The summed E-state index contributed by atoms with van der Waals surface area (Å²) in [5, 5.41) is 0. The number of fused-ring (bicyclic) bond motifs is 1. The van der Waals surface area contributed by atoms with Gasteiger partial charge in [-0.15, -0.1) is 4.52 Å². The molecule has 5 heavy (non-hydrogen) atoms. The van der Waals surface area contributed by atoms with E-state index in [4.69, 9.17) is 4.74 Å². The van der Waals surface area contributed by atoms with Crippen molar-refractivity contribution < 1.29 is 14.1 Å². The molecular weight excluding hydrogens is 72.0 g/mol. The van der Waals surface area contributed by atoms with Gasteiger partial charge in [0.15, 0.2) is 0 Å². The summed E-state index contributed by atoms with van der Waals surface area (Å²) in [5.74, 6) is -0.167. The van der Waals surface area contributed by atoms with Gasteiger partial charge in [-0.25, -0.2) is 0 Å². The van der Waals surface area contributed by atoms with Crippen molar-refractivity contribution in [2.75, 3.05) is 0 Å². The third-order valence-corrected chi connectivity index (χ3v) is 1.10. The van der Waals surface area contributed by atoms with Crippen LogP contribution in [0.3, 0.4) is 0 Å². The number of hydrogen-bond donors (Lipinski definition) is 0. The third-order valence-electron chi connectivity index (χ3n) is 1.10. The van der Waals surface area contributed by atoms with Crippen molar-refractivity contribution in [1.82, 2.24) is 0 Å². The minimum absolute atomic E-state index is 0.167. The molecule has 1 spiro atoms. The predicted octanol–water partition coefficient (Wildman–Crippen LogP) is -0.492. The van der Waals surface area contributed by atoms with Gasteiger partial charge in [0.1, 0.15) is 0 Å². The van der Waals surface area contributed by atoms with Crippen LogP contribution < -0.4 is 0 Å². The SMILES string of the molecule is O1[C@@H]2[O+]3O[C@@]123. The molecule has 3 rings (SSSR count). The lowest BCUT2D eigenvalue weighted by atomic mass is 10.9. The molecule has 0 bridgehead atoms. The Balaban J connectivity index is 2.49. The Morgan fingerprint density at radius 3 is 2.40 bits per heavy atom. The summed E-state index contributed by atoms with van der Waals surface area (Å²) in [5.41, 5.74) is 0. The van der Waals surface area contributed by atoms with Crippen molar-refractivity contribution in [3.8, 4) is 0 Å². The fourth-order valence-electron chi connectivity index (χ4n) is 0.525. The fraction of sp³-hybridized carbons (Fsp3) is 1.00. The molecule has 3 heterocycles. The van der Waals surface area contributed by atoms with Gasteiger partial charge in [0.25, 0.3) is 0 Å². The molecule has 3 nitrogen and oxygen atoms in total. The average Bonchev–Trinajstić information content (AvgIpc) is 2.04. The zero-order valence-electron chi connectivity index (χ0n) is 2.30. The first-order chi connectivity index (χ1) is 2.43. The van der Waals surface area contributed by atoms with Crippen LogP contribution in [0.4, 0.5) is 0 Å². The highest BCUT2D eigenvalue weighted by atomic mass is 17.7. The monoisotopic (exact) mass is 73.0 g/mol. The Kier molecular flexibility index (Phi) is 0.0519. The van der Waals surface area contributed by atoms with E-state index in [-0.39, 0.29) is 5.97 Å². The number of epoxide rings is 2. The first kappa shape index (κ1) is 1.55. The molecule has 3 saturated heterocycles. The second-order valence-electron chi connectivity index (χ2n) is 1.43. The van der Waals surface area contributed by atoms with Gasteiger partial charge < -0.3 is 0 Å². The van der Waals surface area contributed by atoms with Crippen LogP contribution in [-0.4, -0.2) is 12.3 Å². The maximum absolute atomic E-state index is 4.73. The predicted molar refractivity (Wildman–Crippen MR) is 9.77 cm³/mol. The maximum atomic E-state index is 4.73. The van der Waals surface area contributed by atoms with E-state index >= 15 is 0 Å². The molecule has 0 radical (unpaired) electrons. The van der Waals surface area contributed by atoms with Gasteiger partial charge in [-0.1, -0.05) is 0 Å². The van der Waals surface area contributed by atoms with Crippen LogP contribution >= 0.6 is 0 Å². The normalized spacial score (nSPS) is 80.4. The van der Waals surface area contributed by atoms with Crippen LogP contribution in [0.15, 0.2) is 0 Å². The van der Waals surface area contributed by atoms with E-state index in [0.717, 1.165) is 0 Å². The molecule has 0 aromatic heterocycles. The Labute approximate surface area is 27.7 Å². The Bertz CT molecular complexity index is 95.5. The van der Waals surface area contributed by atoms with Crippen molar-refractivity contribution in [3.05, 3.63) is 0 Å². The van der Waals surface area contributed by atoms with E-state index in [1.807, 2.05) is 0 Å². The molecule has 3 aliphatic heterocycles. The highest BCUT2D eigenvalue weighted by Gasteiger charge is 3.21. The zero-order valence-corrected chi connectivity index (χ0v) is 2.30. The lowest BCUT2D eigenvalue weighted by Gasteiger charge is -1.55. The number of rotatable bonds is 0. The van der Waals surface area contributed by atoms with E-state index in [9.17, 15) is 0 Å². The molecule has 0 aromatic carbocycles. The summed E-state index contributed by atoms with van der Waals surface area (Å²) in [7, 11) is 0. The van der Waals surface area contributed by atoms with Crippen molar-refractivity contribution >= 4 is 0 Å². The van der Waals surface area contributed by atoms with Gasteiger partial charge in [0, 0.05) is 4.89 Å². The van der Waals surface area contributed by atoms with Crippen LogP contribution in [0, 0.1) is 0 Å². The second kappa shape index (κ2) is 0.167. The van der Waals surface area contributed by atoms with Gasteiger partial charge in [0.05, 0.1) is 0 Å². The number of ether oxygens (including phenoxy) is 1. The fourth-order valence-corrected chi connectivity index (χ4v) is 0.525. The molecule has 26 valence electrons. The van der Waals surface area contributed by atoms with Crippen LogP contribution in [0.5, 0.6) is 0 Å². The topological polar surface area (TPSA) is 27.8 Å². The van der Waals surface area contributed by atoms with Crippen molar-refractivity contribution in [2.45, 2.75) is 12.3 Å². The molecule has 2 atom stereocenters. The van der Waals surface area contributed by atoms with Crippen molar-refractivity contribution in [1.29, 1.82) is 0 Å². The second-order valence-corrected chi connectivity index (χ2v) is 1.43. The summed E-state index contributed by atoms with van der Waals surface area (Å²) in [6.07, 6.45) is 0.322. The van der Waals surface area contributed by atoms with E-state index in [1.165, 1.54) is 0 Å². The van der Waals surface area contributed by atoms with Gasteiger partial charge in [-0.05, 0) is 0 Å². The quantitative estimate of drug-likeness (QED) is 0.220. The molecular formula is C2HO3+. The Morgan fingerprint density at radius 1 is 1.80 bits per heavy atom. The summed E-state index contributed by atoms with van der Waals surface area (Å²) in [4.78, 5) is 4.59. The van der Waals surface area contributed by atoms with Crippen LogP contribution in [-0.2, 0) is 14.1 Å². The van der Waals surface area contributed by atoms with E-state index in [0.29, 0.717) is 6.29 Å². The minimum atomic E-state index is -0.167. The summed E-state index contributed by atoms with van der Waals surface area (Å²) in [6, 6.07) is 0. The zero-order chi connectivity index (χ0) is 3.07. The molecule has 0 saturated carbocycles. The summed E-state index contributed by atoms with van der Waals surface area (Å²) in [6.45, 7) is 0. The first-order valence-corrected chi connectivity index (χ1v) is 1.54. The van der Waals surface area contributed by atoms with E-state index in [2.05, 4.69) is 9.41 Å². The third kappa shape index (κ3) is 0.0347. The molecule has 3 fully saturated rings. The molecule has 0 N–H and O–H groups in total. The lowest BCUT2D eigenvalue weighted by molar-refractivity contribution is -0.183. The van der Waals surface area contributed by atoms with E-state index < -0.39 is 0 Å². The van der Waals surface area contributed by atoms with Gasteiger partial charge >= 0.3 is 12.3 Å². The van der Waals surface area contributed by atoms with Crippen LogP contribution in [0.2, 0.25) is 0 Å². The minimum Gasteiger partial charge on any atom is -0.177 e. The largest absolute Gasteiger partial charge is 0.615 e. The van der Waals surface area contributed by atoms with Gasteiger partial charge in [-0.3, -0.25) is 0 Å². The smallest absolute Gasteiger partial charge is 0.177 e. The molecule has 0 aliphatic carbocycles. The van der Waals surface area contributed by atoms with Crippen LogP contribution in [0.1, 0.15) is 0 Å². The standard InChI is InChI=1S/C2HO3/c3-1-2(3)4-5(1)2/h1H/q+1/t1-,2+/m1/s1. The highest BCUT2D eigenvalue weighted by molar-refractivity contribution is 5.06. The van der Waals surface area contributed by atoms with Crippen LogP contribution in [0.25, 0.3) is 0 Å². The summed E-state index contributed by atoms with van der Waals surface area (Å²) < 4.78 is 7.17. The average molecular weight is 73.0 g/mol. The van der Waals surface area contributed by atoms with Crippen molar-refractivity contribution in [2.24, 2.45) is 0 Å². The Morgan fingerprint density at radius 2 is 2.40 bits per heavy atom. The Hall–Kier alpha value is -0.120. The molecule has 3 aliphatic rings. The van der Waals surface area contributed by atoms with Crippen molar-refractivity contribution in [3.63, 3.8) is 0 Å². The summed E-state index contributed by atoms with van der Waals surface area (Å²) >= 11 is 0. The van der Waals surface area contributed by atoms with Gasteiger partial charge in [-0.2, -0.15) is 4.74 Å². The highest BCUT2D eigenvalue weighted by Crippen LogP contribution is 2.80. The molecule has 3 heteroatoms.